The fourth-order valence-electron chi connectivity index (χ4n) is 0.524. The fraction of sp³-hybridized carbons (Fsp3) is 0. The predicted molar refractivity (Wildman–Crippen MR) is 61.7 cm³/mol. The predicted octanol–water partition coefficient (Wildman–Crippen LogP) is 2.42. The van der Waals surface area contributed by atoms with Gasteiger partial charge >= 0.3 is 5.97 Å². The van der Waals surface area contributed by atoms with Crippen LogP contribution in [-0.4, -0.2) is 11.1 Å². The summed E-state index contributed by atoms with van der Waals surface area (Å²) in [5.74, 6) is -0.981. The molecule has 0 saturated carbocycles. The second-order valence-corrected chi connectivity index (χ2v) is 3.41. The third-order valence-corrected chi connectivity index (χ3v) is 1.87. The Balaban J connectivity index is 0.000000292. The summed E-state index contributed by atoms with van der Waals surface area (Å²) in [5, 5.41) is 16.0. The van der Waals surface area contributed by atoms with Crippen LogP contribution in [0.25, 0.3) is 0 Å². The van der Waals surface area contributed by atoms with Crippen molar-refractivity contribution in [2.45, 2.75) is 0 Å². The maximum atomic E-state index is 9.25. The summed E-state index contributed by atoms with van der Waals surface area (Å²) in [6.45, 7) is 2.96. The number of nitrogens with zero attached hydrogens (tertiary/aromatic N) is 1. The number of hydrogen-bond donors (Lipinski definition) is 1. The quantitative estimate of drug-likeness (QED) is 0.640. The molecule has 0 aliphatic carbocycles. The third kappa shape index (κ3) is 6.20. The molecule has 0 radical (unpaired) electrons. The van der Waals surface area contributed by atoms with E-state index in [1.165, 1.54) is 0 Å². The summed E-state index contributed by atoms with van der Waals surface area (Å²) in [6.07, 6.45) is 0.833. The molecule has 0 aliphatic rings. The van der Waals surface area contributed by atoms with Gasteiger partial charge in [0.2, 0.25) is 0 Å². The molecule has 3 nitrogen and oxygen atoms in total. The average molecular weight is 301 g/mol. The first-order chi connectivity index (χ1) is 6.60. The summed E-state index contributed by atoms with van der Waals surface area (Å²) in [4.78, 5) is 9.25. The van der Waals surface area contributed by atoms with Gasteiger partial charge in [0, 0.05) is 9.65 Å². The highest BCUT2D eigenvalue weighted by molar-refractivity contribution is 14.1. The number of rotatable bonds is 1. The number of carboxylic acid groups (broad SMARTS) is 1. The van der Waals surface area contributed by atoms with Gasteiger partial charge in [-0.2, -0.15) is 5.26 Å². The lowest BCUT2D eigenvalue weighted by molar-refractivity contribution is -0.131. The Morgan fingerprint density at radius 2 is 1.93 bits per heavy atom. The van der Waals surface area contributed by atoms with Crippen molar-refractivity contribution in [2.75, 3.05) is 0 Å². The summed E-state index contributed by atoms with van der Waals surface area (Å²) >= 11 is 2.20. The lowest BCUT2D eigenvalue weighted by atomic mass is 10.2. The molecule has 4 heteroatoms. The normalized spacial score (nSPS) is 7.71. The van der Waals surface area contributed by atoms with Gasteiger partial charge in [0.25, 0.3) is 0 Å². The Hall–Kier alpha value is -1.35. The first kappa shape index (κ1) is 12.7. The number of hydrogen-bond acceptors (Lipinski definition) is 2. The topological polar surface area (TPSA) is 61.1 Å². The average Bonchev–Trinajstić information content (AvgIpc) is 2.20. The van der Waals surface area contributed by atoms with Crippen LogP contribution in [0.1, 0.15) is 5.56 Å². The van der Waals surface area contributed by atoms with Crippen LogP contribution in [0.4, 0.5) is 0 Å². The molecule has 0 aliphatic heterocycles. The zero-order chi connectivity index (χ0) is 11.0. The highest BCUT2D eigenvalue weighted by atomic mass is 127. The molecule has 0 bridgehead atoms. The zero-order valence-corrected chi connectivity index (χ0v) is 9.43. The smallest absolute Gasteiger partial charge is 0.327 e. The standard InChI is InChI=1S/C7H4IN.C3H4O2/c8-7-3-1-6(5-9)2-4-7;1-2-3(4)5/h1-4H;2H,1H2,(H,4,5). The van der Waals surface area contributed by atoms with Crippen LogP contribution in [0.5, 0.6) is 0 Å². The third-order valence-electron chi connectivity index (χ3n) is 1.15. The fourth-order valence-corrected chi connectivity index (χ4v) is 0.884. The molecular weight excluding hydrogens is 293 g/mol. The molecule has 0 amide bonds. The van der Waals surface area contributed by atoms with Crippen LogP contribution >= 0.6 is 22.6 Å². The van der Waals surface area contributed by atoms with Crippen molar-refractivity contribution in [1.82, 2.24) is 0 Å². The van der Waals surface area contributed by atoms with E-state index in [0.717, 1.165) is 15.2 Å². The Labute approximate surface area is 95.8 Å². The lowest BCUT2D eigenvalue weighted by Gasteiger charge is -1.86. The second-order valence-electron chi connectivity index (χ2n) is 2.16. The van der Waals surface area contributed by atoms with Gasteiger partial charge in [-0.3, -0.25) is 0 Å². The van der Waals surface area contributed by atoms with Gasteiger partial charge in [-0.1, -0.05) is 6.58 Å². The van der Waals surface area contributed by atoms with Crippen molar-refractivity contribution >= 4 is 28.6 Å². The lowest BCUT2D eigenvalue weighted by Crippen LogP contribution is -1.82. The first-order valence-corrected chi connectivity index (χ1v) is 4.69. The van der Waals surface area contributed by atoms with E-state index in [-0.39, 0.29) is 0 Å². The van der Waals surface area contributed by atoms with Crippen LogP contribution in [-0.2, 0) is 4.79 Å². The van der Waals surface area contributed by atoms with Gasteiger partial charge in [-0.15, -0.1) is 0 Å². The summed E-state index contributed by atoms with van der Waals surface area (Å²) in [7, 11) is 0. The molecular formula is C10H8INO2. The van der Waals surface area contributed by atoms with Crippen LogP contribution in [0.2, 0.25) is 0 Å². The number of benzene rings is 1. The highest BCUT2D eigenvalue weighted by Crippen LogP contribution is 2.04. The highest BCUT2D eigenvalue weighted by Gasteiger charge is 1.86. The number of carboxylic acids is 1. The van der Waals surface area contributed by atoms with Gasteiger partial charge in [0.1, 0.15) is 0 Å². The van der Waals surface area contributed by atoms with Crippen molar-refractivity contribution in [2.24, 2.45) is 0 Å². The molecule has 1 N–H and O–H groups in total. The molecule has 1 aromatic rings. The summed E-state index contributed by atoms with van der Waals surface area (Å²) < 4.78 is 1.16. The summed E-state index contributed by atoms with van der Waals surface area (Å²) in [6, 6.07) is 9.50. The van der Waals surface area contributed by atoms with Gasteiger partial charge in [-0.05, 0) is 46.9 Å². The van der Waals surface area contributed by atoms with E-state index >= 15 is 0 Å². The molecule has 1 aromatic carbocycles. The number of carbonyl (C=O) groups is 1. The minimum Gasteiger partial charge on any atom is -0.478 e. The maximum absolute atomic E-state index is 9.25. The van der Waals surface area contributed by atoms with Crippen molar-refractivity contribution in [3.63, 3.8) is 0 Å². The minimum atomic E-state index is -0.981. The van der Waals surface area contributed by atoms with E-state index in [4.69, 9.17) is 10.4 Å². The van der Waals surface area contributed by atoms with E-state index in [9.17, 15) is 4.79 Å². The van der Waals surface area contributed by atoms with Crippen LogP contribution in [0.3, 0.4) is 0 Å². The van der Waals surface area contributed by atoms with Gasteiger partial charge < -0.3 is 5.11 Å². The minimum absolute atomic E-state index is 0.718. The Bertz CT molecular complexity index is 351. The van der Waals surface area contributed by atoms with E-state index < -0.39 is 5.97 Å². The van der Waals surface area contributed by atoms with Crippen molar-refractivity contribution in [1.29, 1.82) is 5.26 Å². The maximum Gasteiger partial charge on any atom is 0.327 e. The molecule has 14 heavy (non-hydrogen) atoms. The van der Waals surface area contributed by atoms with Crippen LogP contribution < -0.4 is 0 Å². The van der Waals surface area contributed by atoms with Gasteiger partial charge in [0.15, 0.2) is 0 Å². The molecule has 0 heterocycles. The van der Waals surface area contributed by atoms with Crippen molar-refractivity contribution < 1.29 is 9.90 Å². The van der Waals surface area contributed by atoms with Crippen LogP contribution in [0.15, 0.2) is 36.9 Å². The Kier molecular flexibility index (Phi) is 6.41. The van der Waals surface area contributed by atoms with E-state index in [2.05, 4.69) is 35.2 Å². The largest absolute Gasteiger partial charge is 0.478 e. The summed E-state index contributed by atoms with van der Waals surface area (Å²) in [5.41, 5.74) is 0.718. The molecule has 0 fully saturated rings. The van der Waals surface area contributed by atoms with Crippen LogP contribution in [0, 0.1) is 14.9 Å². The number of halogens is 1. The molecule has 0 spiro atoms. The second kappa shape index (κ2) is 7.09. The van der Waals surface area contributed by atoms with Gasteiger partial charge in [-0.25, -0.2) is 4.79 Å². The van der Waals surface area contributed by atoms with E-state index in [1.807, 2.05) is 24.3 Å². The van der Waals surface area contributed by atoms with Crippen molar-refractivity contribution in [3.05, 3.63) is 46.1 Å². The van der Waals surface area contributed by atoms with Gasteiger partial charge in [0.05, 0.1) is 11.6 Å². The number of nitriles is 1. The zero-order valence-electron chi connectivity index (χ0n) is 7.27. The molecule has 0 saturated heterocycles. The Morgan fingerprint density at radius 3 is 2.21 bits per heavy atom. The molecule has 0 unspecified atom stereocenters. The molecule has 72 valence electrons. The molecule has 1 rings (SSSR count). The number of aliphatic carboxylic acids is 1. The first-order valence-electron chi connectivity index (χ1n) is 3.61. The molecule has 0 aromatic heterocycles. The van der Waals surface area contributed by atoms with E-state index in [1.54, 1.807) is 0 Å². The Morgan fingerprint density at radius 1 is 1.50 bits per heavy atom. The molecule has 0 atom stereocenters. The monoisotopic (exact) mass is 301 g/mol. The van der Waals surface area contributed by atoms with E-state index in [0.29, 0.717) is 0 Å². The van der Waals surface area contributed by atoms with Crippen molar-refractivity contribution in [3.8, 4) is 6.07 Å². The SMILES string of the molecule is C=CC(=O)O.N#Cc1ccc(I)cc1.